The molecule has 0 fully saturated rings. The summed E-state index contributed by atoms with van der Waals surface area (Å²) in [6.45, 7) is 0. The van der Waals surface area contributed by atoms with E-state index in [1.54, 1.807) is 24.3 Å². The SMILES string of the molecule is O=C(CCc1cccc(Br)c1)C(F)(F)F. The summed E-state index contributed by atoms with van der Waals surface area (Å²) in [5.41, 5.74) is 0.710. The Hall–Kier alpha value is -0.840. The van der Waals surface area contributed by atoms with E-state index < -0.39 is 18.4 Å². The van der Waals surface area contributed by atoms with Gasteiger partial charge in [0.25, 0.3) is 0 Å². The fourth-order valence-corrected chi connectivity index (χ4v) is 1.54. The first-order valence-electron chi connectivity index (χ1n) is 4.24. The molecule has 1 aromatic carbocycles. The number of alkyl halides is 3. The highest BCUT2D eigenvalue weighted by molar-refractivity contribution is 9.10. The molecule has 82 valence electrons. The molecule has 0 radical (unpaired) electrons. The molecule has 1 aromatic rings. The van der Waals surface area contributed by atoms with Crippen LogP contribution in [-0.4, -0.2) is 12.0 Å². The highest BCUT2D eigenvalue weighted by atomic mass is 79.9. The minimum atomic E-state index is -4.72. The van der Waals surface area contributed by atoms with Crippen molar-refractivity contribution in [3.63, 3.8) is 0 Å². The molecule has 0 aliphatic carbocycles. The van der Waals surface area contributed by atoms with Crippen molar-refractivity contribution in [2.24, 2.45) is 0 Å². The van der Waals surface area contributed by atoms with Crippen LogP contribution in [0.1, 0.15) is 12.0 Å². The zero-order valence-corrected chi connectivity index (χ0v) is 9.23. The van der Waals surface area contributed by atoms with E-state index in [0.29, 0.717) is 5.56 Å². The predicted octanol–water partition coefficient (Wildman–Crippen LogP) is 3.51. The van der Waals surface area contributed by atoms with Crippen LogP contribution in [0.4, 0.5) is 13.2 Å². The third-order valence-electron chi connectivity index (χ3n) is 1.85. The lowest BCUT2D eigenvalue weighted by Crippen LogP contribution is -2.22. The number of carbonyl (C=O) groups is 1. The lowest BCUT2D eigenvalue weighted by molar-refractivity contribution is -0.171. The molecule has 15 heavy (non-hydrogen) atoms. The van der Waals surface area contributed by atoms with Crippen LogP contribution in [0, 0.1) is 0 Å². The van der Waals surface area contributed by atoms with Gasteiger partial charge in [0.1, 0.15) is 0 Å². The van der Waals surface area contributed by atoms with Crippen LogP contribution in [-0.2, 0) is 11.2 Å². The first kappa shape index (κ1) is 12.2. The number of hydrogen-bond donors (Lipinski definition) is 0. The van der Waals surface area contributed by atoms with Crippen molar-refractivity contribution in [2.45, 2.75) is 19.0 Å². The van der Waals surface area contributed by atoms with Gasteiger partial charge in [0.2, 0.25) is 5.78 Å². The molecule has 0 atom stereocenters. The molecule has 0 amide bonds. The summed E-state index contributed by atoms with van der Waals surface area (Å²) >= 11 is 3.20. The van der Waals surface area contributed by atoms with Crippen LogP contribution in [0.5, 0.6) is 0 Å². The zero-order chi connectivity index (χ0) is 11.5. The summed E-state index contributed by atoms with van der Waals surface area (Å²) < 4.78 is 36.4. The van der Waals surface area contributed by atoms with E-state index in [4.69, 9.17) is 0 Å². The van der Waals surface area contributed by atoms with Gasteiger partial charge in [-0.1, -0.05) is 28.1 Å². The lowest BCUT2D eigenvalue weighted by atomic mass is 10.1. The third kappa shape index (κ3) is 4.03. The average Bonchev–Trinajstić information content (AvgIpc) is 2.12. The Bertz CT molecular complexity index is 360. The zero-order valence-electron chi connectivity index (χ0n) is 7.64. The molecule has 0 unspecified atom stereocenters. The molecule has 0 aliphatic heterocycles. The van der Waals surface area contributed by atoms with Crippen molar-refractivity contribution in [3.8, 4) is 0 Å². The molecule has 5 heteroatoms. The molecule has 0 saturated carbocycles. The van der Waals surface area contributed by atoms with Gasteiger partial charge in [-0.15, -0.1) is 0 Å². The van der Waals surface area contributed by atoms with Crippen LogP contribution >= 0.6 is 15.9 Å². The average molecular weight is 281 g/mol. The molecular formula is C10H8BrF3O. The Morgan fingerprint density at radius 2 is 2.00 bits per heavy atom. The number of rotatable bonds is 3. The minimum absolute atomic E-state index is 0.109. The molecule has 0 spiro atoms. The third-order valence-corrected chi connectivity index (χ3v) is 2.34. The van der Waals surface area contributed by atoms with E-state index in [2.05, 4.69) is 15.9 Å². The number of ketones is 1. The topological polar surface area (TPSA) is 17.1 Å². The van der Waals surface area contributed by atoms with Crippen molar-refractivity contribution in [1.82, 2.24) is 0 Å². The molecule has 1 nitrogen and oxygen atoms in total. The molecule has 0 aliphatic rings. The summed E-state index contributed by atoms with van der Waals surface area (Å²) in [6.07, 6.45) is -5.11. The van der Waals surface area contributed by atoms with E-state index in [9.17, 15) is 18.0 Å². The maximum Gasteiger partial charge on any atom is 0.449 e. The maximum absolute atomic E-state index is 11.9. The van der Waals surface area contributed by atoms with E-state index in [-0.39, 0.29) is 6.42 Å². The largest absolute Gasteiger partial charge is 0.449 e. The smallest absolute Gasteiger partial charge is 0.290 e. The first-order chi connectivity index (χ1) is 6.89. The van der Waals surface area contributed by atoms with Crippen LogP contribution in [0.15, 0.2) is 28.7 Å². The van der Waals surface area contributed by atoms with Crippen molar-refractivity contribution in [2.75, 3.05) is 0 Å². The molecule has 1 rings (SSSR count). The molecule has 0 N–H and O–H groups in total. The number of benzene rings is 1. The number of carbonyl (C=O) groups excluding carboxylic acids is 1. The molecule has 0 saturated heterocycles. The molecule has 0 heterocycles. The number of aryl methyl sites for hydroxylation is 1. The second kappa shape index (κ2) is 4.79. The standard InChI is InChI=1S/C10H8BrF3O/c11-8-3-1-2-7(6-8)4-5-9(15)10(12,13)14/h1-3,6H,4-5H2. The summed E-state index contributed by atoms with van der Waals surface area (Å²) in [4.78, 5) is 10.6. The summed E-state index contributed by atoms with van der Waals surface area (Å²) in [6, 6.07) is 6.88. The normalized spacial score (nSPS) is 11.5. The monoisotopic (exact) mass is 280 g/mol. The maximum atomic E-state index is 11.9. The van der Waals surface area contributed by atoms with Crippen LogP contribution < -0.4 is 0 Å². The second-order valence-corrected chi connectivity index (χ2v) is 3.97. The second-order valence-electron chi connectivity index (χ2n) is 3.05. The van der Waals surface area contributed by atoms with E-state index >= 15 is 0 Å². The Labute approximate surface area is 93.4 Å². The van der Waals surface area contributed by atoms with Gasteiger partial charge in [0.15, 0.2) is 0 Å². The summed E-state index contributed by atoms with van der Waals surface area (Å²) in [5, 5.41) is 0. The van der Waals surface area contributed by atoms with Gasteiger partial charge in [-0.05, 0) is 24.1 Å². The number of halogens is 4. The fraction of sp³-hybridized carbons (Fsp3) is 0.300. The molecule has 0 bridgehead atoms. The number of Topliss-reactive ketones (excluding diaryl/α,β-unsaturated/α-hetero) is 1. The van der Waals surface area contributed by atoms with Crippen molar-refractivity contribution in [3.05, 3.63) is 34.3 Å². The van der Waals surface area contributed by atoms with Gasteiger partial charge in [-0.2, -0.15) is 13.2 Å². The Morgan fingerprint density at radius 3 is 2.53 bits per heavy atom. The number of hydrogen-bond acceptors (Lipinski definition) is 1. The van der Waals surface area contributed by atoms with Gasteiger partial charge >= 0.3 is 6.18 Å². The Kier molecular flexibility index (Phi) is 3.90. The Morgan fingerprint density at radius 1 is 1.33 bits per heavy atom. The highest BCUT2D eigenvalue weighted by Gasteiger charge is 2.37. The lowest BCUT2D eigenvalue weighted by Gasteiger charge is -2.05. The van der Waals surface area contributed by atoms with Gasteiger partial charge < -0.3 is 0 Å². The predicted molar refractivity (Wildman–Crippen MR) is 53.5 cm³/mol. The van der Waals surface area contributed by atoms with Gasteiger partial charge in [-0.3, -0.25) is 4.79 Å². The molecular weight excluding hydrogens is 273 g/mol. The summed E-state index contributed by atoms with van der Waals surface area (Å²) in [5.74, 6) is -1.68. The van der Waals surface area contributed by atoms with Crippen molar-refractivity contribution in [1.29, 1.82) is 0 Å². The van der Waals surface area contributed by atoms with E-state index in [1.165, 1.54) is 0 Å². The van der Waals surface area contributed by atoms with E-state index in [0.717, 1.165) is 4.47 Å². The first-order valence-corrected chi connectivity index (χ1v) is 5.03. The Balaban J connectivity index is 2.55. The van der Waals surface area contributed by atoms with Gasteiger partial charge in [0, 0.05) is 10.9 Å². The van der Waals surface area contributed by atoms with Crippen molar-refractivity contribution < 1.29 is 18.0 Å². The van der Waals surface area contributed by atoms with E-state index in [1.807, 2.05) is 0 Å². The summed E-state index contributed by atoms with van der Waals surface area (Å²) in [7, 11) is 0. The van der Waals surface area contributed by atoms with Crippen LogP contribution in [0.25, 0.3) is 0 Å². The highest BCUT2D eigenvalue weighted by Crippen LogP contribution is 2.20. The van der Waals surface area contributed by atoms with Crippen LogP contribution in [0.3, 0.4) is 0 Å². The fourth-order valence-electron chi connectivity index (χ4n) is 1.09. The molecule has 0 aromatic heterocycles. The quantitative estimate of drug-likeness (QED) is 0.828. The minimum Gasteiger partial charge on any atom is -0.290 e. The van der Waals surface area contributed by atoms with Gasteiger partial charge in [0.05, 0.1) is 0 Å². The van der Waals surface area contributed by atoms with Crippen molar-refractivity contribution >= 4 is 21.7 Å². The van der Waals surface area contributed by atoms with Crippen LogP contribution in [0.2, 0.25) is 0 Å². The van der Waals surface area contributed by atoms with Gasteiger partial charge in [-0.25, -0.2) is 0 Å².